The van der Waals surface area contributed by atoms with Crippen LogP contribution in [0, 0.1) is 0 Å². The van der Waals surface area contributed by atoms with Gasteiger partial charge in [-0.15, -0.1) is 11.6 Å². The van der Waals surface area contributed by atoms with E-state index in [1.54, 1.807) is 18.0 Å². The van der Waals surface area contributed by atoms with Gasteiger partial charge in [0.15, 0.2) is 0 Å². The number of nitrogens with zero attached hydrogens (tertiary/aromatic N) is 2. The van der Waals surface area contributed by atoms with E-state index >= 15 is 0 Å². The monoisotopic (exact) mass is 270 g/mol. The maximum atomic E-state index is 5.97. The minimum atomic E-state index is 0.356. The molecule has 0 fully saturated rings. The van der Waals surface area contributed by atoms with Crippen LogP contribution in [0.25, 0.3) is 0 Å². The van der Waals surface area contributed by atoms with Crippen LogP contribution in [0.15, 0.2) is 30.5 Å². The highest BCUT2D eigenvalue weighted by molar-refractivity contribution is 6.32. The second-order valence-electron chi connectivity index (χ2n) is 3.58. The number of methoxy groups -OCH3 is 1. The molecule has 90 valence electrons. The summed E-state index contributed by atoms with van der Waals surface area (Å²) in [5.74, 6) is 1.19. The molecule has 0 unspecified atom stereocenters. The normalized spacial score (nSPS) is 10.5. The molecule has 0 N–H and O–H groups in total. The van der Waals surface area contributed by atoms with Gasteiger partial charge >= 0.3 is 0 Å². The van der Waals surface area contributed by atoms with E-state index in [2.05, 4.69) is 5.10 Å². The Labute approximate surface area is 110 Å². The smallest absolute Gasteiger partial charge is 0.118 e. The van der Waals surface area contributed by atoms with Crippen molar-refractivity contribution in [3.8, 4) is 5.75 Å². The van der Waals surface area contributed by atoms with Gasteiger partial charge in [0.25, 0.3) is 0 Å². The number of rotatable bonds is 4. The Morgan fingerprint density at radius 1 is 1.29 bits per heavy atom. The average Bonchev–Trinajstić information content (AvgIpc) is 2.71. The van der Waals surface area contributed by atoms with Crippen LogP contribution in [0.3, 0.4) is 0 Å². The number of halogens is 2. The highest BCUT2D eigenvalue weighted by Gasteiger charge is 2.08. The summed E-state index contributed by atoms with van der Waals surface area (Å²) in [5, 5.41) is 4.80. The maximum Gasteiger partial charge on any atom is 0.118 e. The Balaban J connectivity index is 2.19. The van der Waals surface area contributed by atoms with Gasteiger partial charge in [0, 0.05) is 0 Å². The molecule has 0 aliphatic carbocycles. The molecule has 0 aliphatic heterocycles. The minimum absolute atomic E-state index is 0.356. The van der Waals surface area contributed by atoms with Crippen LogP contribution in [0.4, 0.5) is 0 Å². The van der Waals surface area contributed by atoms with Crippen molar-refractivity contribution in [1.82, 2.24) is 9.78 Å². The van der Waals surface area contributed by atoms with E-state index in [0.29, 0.717) is 17.4 Å². The summed E-state index contributed by atoms with van der Waals surface area (Å²) >= 11 is 11.8. The molecule has 0 saturated heterocycles. The van der Waals surface area contributed by atoms with Crippen LogP contribution in [-0.4, -0.2) is 16.9 Å². The van der Waals surface area contributed by atoms with Gasteiger partial charge in [0.2, 0.25) is 0 Å². The molecule has 0 spiro atoms. The number of benzene rings is 1. The van der Waals surface area contributed by atoms with Gasteiger partial charge in [-0.2, -0.15) is 5.10 Å². The fraction of sp³-hybridized carbons (Fsp3) is 0.250. The van der Waals surface area contributed by atoms with Crippen LogP contribution >= 0.6 is 23.2 Å². The minimum Gasteiger partial charge on any atom is -0.497 e. The molecule has 17 heavy (non-hydrogen) atoms. The second-order valence-corrected chi connectivity index (χ2v) is 4.25. The molecule has 1 aromatic carbocycles. The molecule has 0 aliphatic rings. The SMILES string of the molecule is COc1ccc(Cn2ncc(Cl)c2CCl)cc1. The van der Waals surface area contributed by atoms with E-state index in [1.807, 2.05) is 24.3 Å². The maximum absolute atomic E-state index is 5.97. The van der Waals surface area contributed by atoms with Crippen LogP contribution in [0.5, 0.6) is 5.75 Å². The molecule has 3 nitrogen and oxygen atoms in total. The van der Waals surface area contributed by atoms with E-state index in [0.717, 1.165) is 17.0 Å². The number of hydrogen-bond donors (Lipinski definition) is 0. The predicted molar refractivity (Wildman–Crippen MR) is 68.9 cm³/mol. The summed E-state index contributed by atoms with van der Waals surface area (Å²) in [6, 6.07) is 7.82. The predicted octanol–water partition coefficient (Wildman–Crippen LogP) is 3.33. The summed E-state index contributed by atoms with van der Waals surface area (Å²) in [5.41, 5.74) is 1.96. The zero-order valence-corrected chi connectivity index (χ0v) is 10.9. The van der Waals surface area contributed by atoms with E-state index in [9.17, 15) is 0 Å². The third kappa shape index (κ3) is 2.73. The van der Waals surface area contributed by atoms with Gasteiger partial charge in [0.1, 0.15) is 5.75 Å². The molecule has 5 heteroatoms. The lowest BCUT2D eigenvalue weighted by atomic mass is 10.2. The number of aromatic nitrogens is 2. The fourth-order valence-corrected chi connectivity index (χ4v) is 2.12. The zero-order chi connectivity index (χ0) is 12.3. The molecule has 1 heterocycles. The molecule has 1 aromatic heterocycles. The second kappa shape index (κ2) is 5.43. The molecule has 0 bridgehead atoms. The third-order valence-electron chi connectivity index (χ3n) is 2.52. The van der Waals surface area contributed by atoms with Crippen molar-refractivity contribution in [2.75, 3.05) is 7.11 Å². The van der Waals surface area contributed by atoms with Gasteiger partial charge in [-0.3, -0.25) is 4.68 Å². The van der Waals surface area contributed by atoms with Gasteiger partial charge in [-0.1, -0.05) is 23.7 Å². The van der Waals surface area contributed by atoms with Crippen molar-refractivity contribution < 1.29 is 4.74 Å². The lowest BCUT2D eigenvalue weighted by Gasteiger charge is -2.06. The largest absolute Gasteiger partial charge is 0.497 e. The van der Waals surface area contributed by atoms with Gasteiger partial charge in [0.05, 0.1) is 36.4 Å². The van der Waals surface area contributed by atoms with Gasteiger partial charge < -0.3 is 4.74 Å². The Morgan fingerprint density at radius 3 is 2.59 bits per heavy atom. The van der Waals surface area contributed by atoms with Crippen molar-refractivity contribution in [2.24, 2.45) is 0 Å². The molecule has 0 saturated carbocycles. The molecule has 0 radical (unpaired) electrons. The lowest BCUT2D eigenvalue weighted by molar-refractivity contribution is 0.414. The molecular weight excluding hydrogens is 259 g/mol. The number of hydrogen-bond acceptors (Lipinski definition) is 2. The van der Waals surface area contributed by atoms with Crippen molar-refractivity contribution in [3.63, 3.8) is 0 Å². The molecule has 0 atom stereocenters. The first-order valence-corrected chi connectivity index (χ1v) is 6.05. The van der Waals surface area contributed by atoms with Crippen LogP contribution < -0.4 is 4.74 Å². The van der Waals surface area contributed by atoms with E-state index < -0.39 is 0 Å². The highest BCUT2D eigenvalue weighted by Crippen LogP contribution is 2.19. The average molecular weight is 271 g/mol. The first-order chi connectivity index (χ1) is 8.24. The number of ether oxygens (including phenoxy) is 1. The standard InChI is InChI=1S/C12H12Cl2N2O/c1-17-10-4-2-9(3-5-10)8-16-12(6-13)11(14)7-15-16/h2-5,7H,6,8H2,1H3. The third-order valence-corrected chi connectivity index (χ3v) is 3.08. The Morgan fingerprint density at radius 2 is 2.00 bits per heavy atom. The van der Waals surface area contributed by atoms with Crippen LogP contribution in [0.2, 0.25) is 5.02 Å². The zero-order valence-electron chi connectivity index (χ0n) is 9.36. The number of alkyl halides is 1. The Bertz CT molecular complexity index is 494. The van der Waals surface area contributed by atoms with Crippen molar-refractivity contribution >= 4 is 23.2 Å². The summed E-state index contributed by atoms with van der Waals surface area (Å²) in [6.45, 7) is 0.652. The molecule has 0 amide bonds. The summed E-state index contributed by atoms with van der Waals surface area (Å²) in [4.78, 5) is 0. The van der Waals surface area contributed by atoms with Crippen molar-refractivity contribution in [1.29, 1.82) is 0 Å². The van der Waals surface area contributed by atoms with Gasteiger partial charge in [-0.25, -0.2) is 0 Å². The molecular formula is C12H12Cl2N2O. The fourth-order valence-electron chi connectivity index (χ4n) is 1.56. The van der Waals surface area contributed by atoms with Crippen molar-refractivity contribution in [3.05, 3.63) is 46.7 Å². The Kier molecular flexibility index (Phi) is 3.92. The first-order valence-electron chi connectivity index (χ1n) is 5.13. The highest BCUT2D eigenvalue weighted by atomic mass is 35.5. The topological polar surface area (TPSA) is 27.1 Å². The van der Waals surface area contributed by atoms with E-state index in [1.165, 1.54) is 0 Å². The van der Waals surface area contributed by atoms with Crippen molar-refractivity contribution in [2.45, 2.75) is 12.4 Å². The van der Waals surface area contributed by atoms with Crippen LogP contribution in [-0.2, 0) is 12.4 Å². The van der Waals surface area contributed by atoms with Gasteiger partial charge in [-0.05, 0) is 17.7 Å². The summed E-state index contributed by atoms with van der Waals surface area (Å²) in [6.07, 6.45) is 1.61. The lowest BCUT2D eigenvalue weighted by Crippen LogP contribution is -2.05. The summed E-state index contributed by atoms with van der Waals surface area (Å²) < 4.78 is 6.91. The van der Waals surface area contributed by atoms with E-state index in [4.69, 9.17) is 27.9 Å². The summed E-state index contributed by atoms with van der Waals surface area (Å²) in [7, 11) is 1.65. The first kappa shape index (κ1) is 12.3. The quantitative estimate of drug-likeness (QED) is 0.797. The van der Waals surface area contributed by atoms with Crippen LogP contribution in [0.1, 0.15) is 11.3 Å². The van der Waals surface area contributed by atoms with E-state index in [-0.39, 0.29) is 0 Å². The molecule has 2 aromatic rings. The Hall–Kier alpha value is -1.19. The molecule has 2 rings (SSSR count).